The van der Waals surface area contributed by atoms with Crippen molar-refractivity contribution in [3.63, 3.8) is 0 Å². The Morgan fingerprint density at radius 3 is 2.95 bits per heavy atom. The number of carbonyl (C=O) groups is 1. The van der Waals surface area contributed by atoms with E-state index in [0.717, 1.165) is 4.90 Å². The molecule has 0 aliphatic rings. The zero-order chi connectivity index (χ0) is 14.8. The molecular weight excluding hydrogens is 310 g/mol. The number of fused-ring (bicyclic) bond motifs is 1. The van der Waals surface area contributed by atoms with Gasteiger partial charge in [-0.25, -0.2) is 4.98 Å². The van der Waals surface area contributed by atoms with Crippen LogP contribution in [0.2, 0.25) is 5.15 Å². The Kier molecular flexibility index (Phi) is 3.76. The van der Waals surface area contributed by atoms with Crippen LogP contribution in [0.15, 0.2) is 35.5 Å². The third-order valence-electron chi connectivity index (χ3n) is 2.82. The quantitative estimate of drug-likeness (QED) is 0.573. The maximum atomic E-state index is 12.3. The van der Waals surface area contributed by atoms with Crippen molar-refractivity contribution in [2.24, 2.45) is 0 Å². The number of nitrogens with one attached hydrogen (secondary N) is 2. The van der Waals surface area contributed by atoms with E-state index in [0.29, 0.717) is 16.7 Å². The fraction of sp³-hybridized carbons (Fsp3) is 0.0769. The lowest BCUT2D eigenvalue weighted by Crippen LogP contribution is -2.15. The summed E-state index contributed by atoms with van der Waals surface area (Å²) < 4.78 is 0. The number of H-pyrrole nitrogens is 1. The lowest BCUT2D eigenvalue weighted by molar-refractivity contribution is 0.102. The molecule has 0 radical (unpaired) electrons. The number of rotatable bonds is 3. The molecule has 3 aromatic rings. The Balaban J connectivity index is 1.92. The second kappa shape index (κ2) is 5.71. The highest BCUT2D eigenvalue weighted by Crippen LogP contribution is 2.22. The van der Waals surface area contributed by atoms with Crippen LogP contribution in [0.4, 0.5) is 5.95 Å². The van der Waals surface area contributed by atoms with Gasteiger partial charge in [-0.05, 0) is 18.4 Å². The van der Waals surface area contributed by atoms with Gasteiger partial charge in [-0.3, -0.25) is 10.1 Å². The van der Waals surface area contributed by atoms with Crippen LogP contribution in [-0.4, -0.2) is 32.1 Å². The topological polar surface area (TPSA) is 83.6 Å². The number of hydrogen-bond acceptors (Lipinski definition) is 5. The Morgan fingerprint density at radius 2 is 2.14 bits per heavy atom. The van der Waals surface area contributed by atoms with Crippen LogP contribution in [0.1, 0.15) is 10.4 Å². The number of imidazole rings is 1. The van der Waals surface area contributed by atoms with Crippen molar-refractivity contribution in [3.05, 3.63) is 41.3 Å². The molecule has 0 bridgehead atoms. The standard InChI is InChI=1S/C13H10ClN5OS/c1-21-8-5-3-2-4-7(8)12(20)19-13-17-10(14)9-11(18-13)16-6-15-9/h2-6H,1H3,(H2,15,16,17,18,19,20). The second-order valence-electron chi connectivity index (χ2n) is 4.09. The third-order valence-corrected chi connectivity index (χ3v) is 3.89. The molecule has 0 fully saturated rings. The number of aromatic amines is 1. The first kappa shape index (κ1) is 13.8. The first-order chi connectivity index (χ1) is 10.2. The predicted octanol–water partition coefficient (Wildman–Crippen LogP) is 2.98. The number of thioether (sulfide) groups is 1. The van der Waals surface area contributed by atoms with Gasteiger partial charge in [-0.2, -0.15) is 9.97 Å². The molecule has 1 aromatic carbocycles. The molecule has 6 nitrogen and oxygen atoms in total. The molecule has 2 heterocycles. The molecule has 2 aromatic heterocycles. The SMILES string of the molecule is CSc1ccccc1C(=O)Nc1nc(Cl)c2[nH]cnc2n1. The van der Waals surface area contributed by atoms with Gasteiger partial charge >= 0.3 is 0 Å². The Hall–Kier alpha value is -2.12. The summed E-state index contributed by atoms with van der Waals surface area (Å²) in [7, 11) is 0. The average molecular weight is 320 g/mol. The van der Waals surface area contributed by atoms with E-state index in [1.807, 2.05) is 18.4 Å². The molecule has 0 aliphatic heterocycles. The molecule has 2 N–H and O–H groups in total. The largest absolute Gasteiger partial charge is 0.341 e. The maximum Gasteiger partial charge on any atom is 0.259 e. The summed E-state index contributed by atoms with van der Waals surface area (Å²) in [6.07, 6.45) is 3.38. The van der Waals surface area contributed by atoms with E-state index in [1.54, 1.807) is 12.1 Å². The van der Waals surface area contributed by atoms with E-state index in [1.165, 1.54) is 18.1 Å². The molecular formula is C13H10ClN5OS. The lowest BCUT2D eigenvalue weighted by Gasteiger charge is -2.07. The minimum absolute atomic E-state index is 0.125. The van der Waals surface area contributed by atoms with Crippen molar-refractivity contribution < 1.29 is 4.79 Å². The van der Waals surface area contributed by atoms with Crippen molar-refractivity contribution in [1.82, 2.24) is 19.9 Å². The normalized spacial score (nSPS) is 10.8. The van der Waals surface area contributed by atoms with Crippen LogP contribution in [0.25, 0.3) is 11.2 Å². The van der Waals surface area contributed by atoms with Gasteiger partial charge in [0, 0.05) is 4.90 Å². The number of anilines is 1. The van der Waals surface area contributed by atoms with Gasteiger partial charge in [0.1, 0.15) is 5.52 Å². The number of hydrogen-bond donors (Lipinski definition) is 2. The van der Waals surface area contributed by atoms with Gasteiger partial charge in [-0.15, -0.1) is 11.8 Å². The first-order valence-electron chi connectivity index (χ1n) is 6.00. The third kappa shape index (κ3) is 2.70. The van der Waals surface area contributed by atoms with Crippen molar-refractivity contribution in [2.45, 2.75) is 4.90 Å². The summed E-state index contributed by atoms with van der Waals surface area (Å²) in [6.45, 7) is 0. The molecule has 0 spiro atoms. The summed E-state index contributed by atoms with van der Waals surface area (Å²) >= 11 is 7.51. The molecule has 106 valence electrons. The maximum absolute atomic E-state index is 12.3. The minimum Gasteiger partial charge on any atom is -0.341 e. The van der Waals surface area contributed by atoms with Crippen molar-refractivity contribution >= 4 is 46.4 Å². The number of aromatic nitrogens is 4. The summed E-state index contributed by atoms with van der Waals surface area (Å²) in [5, 5.41) is 2.86. The van der Waals surface area contributed by atoms with Gasteiger partial charge < -0.3 is 4.98 Å². The van der Waals surface area contributed by atoms with Crippen molar-refractivity contribution in [2.75, 3.05) is 11.6 Å². The van der Waals surface area contributed by atoms with Crippen LogP contribution in [0.5, 0.6) is 0 Å². The molecule has 21 heavy (non-hydrogen) atoms. The van der Waals surface area contributed by atoms with Crippen molar-refractivity contribution in [1.29, 1.82) is 0 Å². The summed E-state index contributed by atoms with van der Waals surface area (Å²) in [5.74, 6) is -0.161. The summed E-state index contributed by atoms with van der Waals surface area (Å²) in [4.78, 5) is 28.2. The van der Waals surface area contributed by atoms with E-state index in [-0.39, 0.29) is 17.0 Å². The number of halogens is 1. The predicted molar refractivity (Wildman–Crippen MR) is 82.9 cm³/mol. The molecule has 0 saturated carbocycles. The monoisotopic (exact) mass is 319 g/mol. The van der Waals surface area contributed by atoms with E-state index in [2.05, 4.69) is 25.3 Å². The average Bonchev–Trinajstić information content (AvgIpc) is 2.96. The number of amides is 1. The summed E-state index contributed by atoms with van der Waals surface area (Å²) in [5.41, 5.74) is 1.51. The smallest absolute Gasteiger partial charge is 0.259 e. The molecule has 0 saturated heterocycles. The molecule has 8 heteroatoms. The Labute approximate surface area is 129 Å². The highest BCUT2D eigenvalue weighted by molar-refractivity contribution is 7.98. The number of benzene rings is 1. The number of carbonyl (C=O) groups excluding carboxylic acids is 1. The highest BCUT2D eigenvalue weighted by Gasteiger charge is 2.14. The van der Waals surface area contributed by atoms with Gasteiger partial charge in [0.15, 0.2) is 10.8 Å². The molecule has 3 rings (SSSR count). The second-order valence-corrected chi connectivity index (χ2v) is 5.30. The van der Waals surface area contributed by atoms with E-state index in [9.17, 15) is 4.79 Å². The zero-order valence-electron chi connectivity index (χ0n) is 10.9. The summed E-state index contributed by atoms with van der Waals surface area (Å²) in [6, 6.07) is 7.31. The van der Waals surface area contributed by atoms with Crippen LogP contribution in [0.3, 0.4) is 0 Å². The van der Waals surface area contributed by atoms with Gasteiger partial charge in [-0.1, -0.05) is 23.7 Å². The first-order valence-corrected chi connectivity index (χ1v) is 7.60. The minimum atomic E-state index is -0.286. The van der Waals surface area contributed by atoms with Crippen LogP contribution in [-0.2, 0) is 0 Å². The van der Waals surface area contributed by atoms with Crippen molar-refractivity contribution in [3.8, 4) is 0 Å². The lowest BCUT2D eigenvalue weighted by atomic mass is 10.2. The van der Waals surface area contributed by atoms with Gasteiger partial charge in [0.25, 0.3) is 5.91 Å². The van der Waals surface area contributed by atoms with Crippen LogP contribution < -0.4 is 5.32 Å². The molecule has 0 aliphatic carbocycles. The van der Waals surface area contributed by atoms with E-state index >= 15 is 0 Å². The van der Waals surface area contributed by atoms with E-state index < -0.39 is 0 Å². The van der Waals surface area contributed by atoms with Gasteiger partial charge in [0.2, 0.25) is 5.95 Å². The zero-order valence-corrected chi connectivity index (χ0v) is 12.5. The van der Waals surface area contributed by atoms with Gasteiger partial charge in [0.05, 0.1) is 11.9 Å². The molecule has 1 amide bonds. The fourth-order valence-electron chi connectivity index (χ4n) is 1.85. The van der Waals surface area contributed by atoms with Crippen LogP contribution >= 0.6 is 23.4 Å². The highest BCUT2D eigenvalue weighted by atomic mass is 35.5. The fourth-order valence-corrected chi connectivity index (χ4v) is 2.67. The number of nitrogens with zero attached hydrogens (tertiary/aromatic N) is 3. The molecule has 0 atom stereocenters. The van der Waals surface area contributed by atoms with E-state index in [4.69, 9.17) is 11.6 Å². The molecule has 0 unspecified atom stereocenters. The van der Waals surface area contributed by atoms with Crippen LogP contribution in [0, 0.1) is 0 Å². The Morgan fingerprint density at radius 1 is 1.33 bits per heavy atom. The Bertz CT molecular complexity index is 819.